The molecule has 3 aromatic rings. The van der Waals surface area contributed by atoms with E-state index in [9.17, 15) is 13.5 Å². The summed E-state index contributed by atoms with van der Waals surface area (Å²) in [6.07, 6.45) is 7.68. The van der Waals surface area contributed by atoms with Crippen LogP contribution in [0.25, 0.3) is 0 Å². The summed E-state index contributed by atoms with van der Waals surface area (Å²) in [5.41, 5.74) is 0.0210. The first-order valence-corrected chi connectivity index (χ1v) is 14.4. The van der Waals surface area contributed by atoms with Crippen LogP contribution in [-0.2, 0) is 21.7 Å². The molecule has 0 amide bonds. The van der Waals surface area contributed by atoms with Crippen molar-refractivity contribution in [3.63, 3.8) is 0 Å². The van der Waals surface area contributed by atoms with Crippen molar-refractivity contribution in [1.29, 1.82) is 0 Å². The van der Waals surface area contributed by atoms with E-state index in [4.69, 9.17) is 0 Å². The molecule has 9 heteroatoms. The second kappa shape index (κ2) is 10.3. The number of benzene rings is 2. The van der Waals surface area contributed by atoms with Crippen molar-refractivity contribution >= 4 is 9.84 Å². The highest BCUT2D eigenvalue weighted by Crippen LogP contribution is 2.44. The maximum absolute atomic E-state index is 15.5. The summed E-state index contributed by atoms with van der Waals surface area (Å²) in [7, 11) is -3.67. The molecule has 1 saturated heterocycles. The molecule has 0 spiro atoms. The van der Waals surface area contributed by atoms with Crippen LogP contribution >= 0.6 is 0 Å². The first-order valence-electron chi connectivity index (χ1n) is 12.8. The lowest BCUT2D eigenvalue weighted by Gasteiger charge is -2.40. The number of aliphatic hydroxyl groups is 1. The molecule has 198 valence electrons. The van der Waals surface area contributed by atoms with Crippen LogP contribution in [0.15, 0.2) is 61.2 Å². The molecule has 2 heterocycles. The number of aliphatic hydroxyl groups excluding tert-OH is 1. The molecule has 2 fully saturated rings. The van der Waals surface area contributed by atoms with Crippen molar-refractivity contribution in [1.82, 2.24) is 14.9 Å². The molecule has 37 heavy (non-hydrogen) atoms. The highest BCUT2D eigenvalue weighted by molar-refractivity contribution is 7.92. The van der Waals surface area contributed by atoms with Crippen molar-refractivity contribution in [3.05, 3.63) is 89.5 Å². The van der Waals surface area contributed by atoms with E-state index in [1.54, 1.807) is 43.7 Å². The van der Waals surface area contributed by atoms with Crippen molar-refractivity contribution < 1.29 is 22.3 Å². The largest absolute Gasteiger partial charge is 0.395 e. The second-order valence-electron chi connectivity index (χ2n) is 10.5. The minimum absolute atomic E-state index is 0.0392. The fraction of sp³-hybridized carbons (Fsp3) is 0.464. The van der Waals surface area contributed by atoms with Gasteiger partial charge in [0.15, 0.2) is 9.84 Å². The molecule has 2 N–H and O–H groups in total. The number of halogens is 2. The predicted octanol–water partition coefficient (Wildman–Crippen LogP) is 4.27. The van der Waals surface area contributed by atoms with Gasteiger partial charge in [-0.05, 0) is 67.9 Å². The zero-order valence-corrected chi connectivity index (χ0v) is 21.7. The van der Waals surface area contributed by atoms with E-state index in [-0.39, 0.29) is 36.7 Å². The number of hydrogen-bond donors (Lipinski definition) is 2. The molecule has 1 unspecified atom stereocenters. The summed E-state index contributed by atoms with van der Waals surface area (Å²) in [6.45, 7) is 1.76. The topological polar surface area (TPSA) is 84.2 Å². The minimum Gasteiger partial charge on any atom is -0.395 e. The first-order chi connectivity index (χ1) is 17.7. The predicted molar refractivity (Wildman–Crippen MR) is 138 cm³/mol. The standard InChI is InChI=1S/C28H33F2N3O3S/c1-19-26(37(35,36)27(16-32-19)20-5-3-2-4-6-20)14-21-13-25(30)23(15-24(21)29)28(17-34)9-7-22(8-10-28)33-12-11-31-18-33/h2-6,11-13,15,18-19,22,26-27,32,34H,7-10,14,16-17H2,1H3/t19-,22?,26?,27-,28?/m0/s1. The summed E-state index contributed by atoms with van der Waals surface area (Å²) in [5.74, 6) is -1.23. The average molecular weight is 530 g/mol. The highest BCUT2D eigenvalue weighted by Gasteiger charge is 2.43. The normalized spacial score (nSPS) is 29.7. The smallest absolute Gasteiger partial charge is 0.163 e. The van der Waals surface area contributed by atoms with E-state index in [1.165, 1.54) is 6.07 Å². The molecule has 1 aliphatic carbocycles. The lowest BCUT2D eigenvalue weighted by Crippen LogP contribution is -2.53. The second-order valence-corrected chi connectivity index (χ2v) is 12.9. The van der Waals surface area contributed by atoms with Crippen molar-refractivity contribution in [3.8, 4) is 0 Å². The summed E-state index contributed by atoms with van der Waals surface area (Å²) in [6, 6.07) is 11.1. The Bertz CT molecular complexity index is 1320. The van der Waals surface area contributed by atoms with Gasteiger partial charge in [0.05, 0.1) is 23.4 Å². The number of hydrogen-bond acceptors (Lipinski definition) is 5. The molecule has 1 saturated carbocycles. The zero-order chi connectivity index (χ0) is 26.2. The highest BCUT2D eigenvalue weighted by atomic mass is 32.2. The van der Waals surface area contributed by atoms with Crippen LogP contribution in [0.1, 0.15) is 60.6 Å². The third-order valence-electron chi connectivity index (χ3n) is 8.46. The Balaban J connectivity index is 1.39. The van der Waals surface area contributed by atoms with Gasteiger partial charge in [0.25, 0.3) is 0 Å². The molecule has 5 rings (SSSR count). The Labute approximate surface area is 216 Å². The lowest BCUT2D eigenvalue weighted by atomic mass is 9.68. The Hall–Kier alpha value is -2.62. The number of imidazole rings is 1. The molecule has 0 bridgehead atoms. The lowest BCUT2D eigenvalue weighted by molar-refractivity contribution is 0.128. The van der Waals surface area contributed by atoms with E-state index in [1.807, 2.05) is 16.8 Å². The van der Waals surface area contributed by atoms with Gasteiger partial charge in [0.2, 0.25) is 0 Å². The van der Waals surface area contributed by atoms with E-state index in [0.717, 1.165) is 6.07 Å². The van der Waals surface area contributed by atoms with Crippen molar-refractivity contribution in [2.75, 3.05) is 13.2 Å². The van der Waals surface area contributed by atoms with E-state index in [0.29, 0.717) is 31.2 Å². The molecular formula is C28H33F2N3O3S. The molecule has 1 aromatic heterocycles. The molecule has 2 aromatic carbocycles. The van der Waals surface area contributed by atoms with E-state index >= 15 is 8.78 Å². The average Bonchev–Trinajstić information content (AvgIpc) is 3.44. The van der Waals surface area contributed by atoms with E-state index < -0.39 is 43.4 Å². The van der Waals surface area contributed by atoms with Gasteiger partial charge in [-0.2, -0.15) is 0 Å². The SMILES string of the molecule is C[C@@H]1NC[C@@H](c2ccccc2)S(=O)(=O)C1Cc1cc(F)c(C2(CO)CCC(n3ccnc3)CC2)cc1F. The minimum atomic E-state index is -3.67. The number of nitrogens with one attached hydrogen (secondary N) is 1. The summed E-state index contributed by atoms with van der Waals surface area (Å²) >= 11 is 0. The maximum atomic E-state index is 15.5. The summed E-state index contributed by atoms with van der Waals surface area (Å²) in [4.78, 5) is 4.09. The summed E-state index contributed by atoms with van der Waals surface area (Å²) in [5, 5.41) is 11.9. The Morgan fingerprint density at radius 3 is 2.51 bits per heavy atom. The van der Waals surface area contributed by atoms with Crippen LogP contribution in [0.3, 0.4) is 0 Å². The maximum Gasteiger partial charge on any atom is 0.163 e. The van der Waals surface area contributed by atoms with Gasteiger partial charge in [-0.3, -0.25) is 0 Å². The van der Waals surface area contributed by atoms with Gasteiger partial charge < -0.3 is 15.0 Å². The van der Waals surface area contributed by atoms with Crippen molar-refractivity contribution in [2.45, 2.75) is 67.0 Å². The van der Waals surface area contributed by atoms with Gasteiger partial charge in [-0.15, -0.1) is 0 Å². The Morgan fingerprint density at radius 1 is 1.14 bits per heavy atom. The molecular weight excluding hydrogens is 496 g/mol. The van der Waals surface area contributed by atoms with E-state index in [2.05, 4.69) is 10.3 Å². The van der Waals surface area contributed by atoms with Crippen LogP contribution in [-0.4, -0.2) is 47.5 Å². The van der Waals surface area contributed by atoms with Crippen LogP contribution in [0.4, 0.5) is 8.78 Å². The first kappa shape index (κ1) is 26.0. The van der Waals surface area contributed by atoms with Gasteiger partial charge in [0, 0.05) is 36.4 Å². The van der Waals surface area contributed by atoms with Gasteiger partial charge >= 0.3 is 0 Å². The van der Waals surface area contributed by atoms with Gasteiger partial charge in [-0.25, -0.2) is 22.2 Å². The van der Waals surface area contributed by atoms with Crippen LogP contribution in [0.2, 0.25) is 0 Å². The van der Waals surface area contributed by atoms with Crippen molar-refractivity contribution in [2.24, 2.45) is 0 Å². The molecule has 0 radical (unpaired) electrons. The monoisotopic (exact) mass is 529 g/mol. The third kappa shape index (κ3) is 4.84. The fourth-order valence-electron chi connectivity index (χ4n) is 6.12. The summed E-state index contributed by atoms with van der Waals surface area (Å²) < 4.78 is 60.2. The molecule has 6 nitrogen and oxygen atoms in total. The van der Waals surface area contributed by atoms with Gasteiger partial charge in [-0.1, -0.05) is 30.3 Å². The van der Waals surface area contributed by atoms with Crippen LogP contribution in [0, 0.1) is 11.6 Å². The Kier molecular flexibility index (Phi) is 7.22. The fourth-order valence-corrected chi connectivity index (χ4v) is 8.49. The third-order valence-corrected chi connectivity index (χ3v) is 11.1. The van der Waals surface area contributed by atoms with Crippen LogP contribution < -0.4 is 5.32 Å². The molecule has 2 aliphatic rings. The Morgan fingerprint density at radius 2 is 1.86 bits per heavy atom. The number of nitrogens with zero attached hydrogens (tertiary/aromatic N) is 2. The number of rotatable bonds is 6. The quantitative estimate of drug-likeness (QED) is 0.499. The number of sulfone groups is 1. The molecule has 3 atom stereocenters. The zero-order valence-electron chi connectivity index (χ0n) is 20.9. The van der Waals surface area contributed by atoms with Gasteiger partial charge in [0.1, 0.15) is 11.6 Å². The van der Waals surface area contributed by atoms with Crippen LogP contribution in [0.5, 0.6) is 0 Å². The number of aromatic nitrogens is 2. The molecule has 1 aliphatic heterocycles.